The Morgan fingerprint density at radius 2 is 2.05 bits per heavy atom. The minimum atomic E-state index is -1.57. The molecule has 0 aliphatic heterocycles. The van der Waals surface area contributed by atoms with Crippen LogP contribution in [0.2, 0.25) is 0 Å². The number of nitro benzene ring substituents is 1. The van der Waals surface area contributed by atoms with Crippen LogP contribution in [-0.4, -0.2) is 29.6 Å². The Labute approximate surface area is 118 Å². The summed E-state index contributed by atoms with van der Waals surface area (Å²) in [5.74, 6) is -3.75. The molecule has 0 heterocycles. The molecule has 1 rings (SSSR count). The van der Waals surface area contributed by atoms with Gasteiger partial charge in [0.2, 0.25) is 5.82 Å². The molecule has 2 N–H and O–H groups in total. The number of esters is 1. The second-order valence-corrected chi connectivity index (χ2v) is 4.42. The summed E-state index contributed by atoms with van der Waals surface area (Å²) >= 11 is 0. The van der Waals surface area contributed by atoms with Gasteiger partial charge in [-0.1, -0.05) is 0 Å². The van der Waals surface area contributed by atoms with Crippen molar-refractivity contribution in [1.29, 1.82) is 0 Å². The Kier molecular flexibility index (Phi) is 5.14. The highest BCUT2D eigenvalue weighted by Crippen LogP contribution is 2.26. The Hall–Kier alpha value is -2.29. The van der Waals surface area contributed by atoms with E-state index in [1.807, 2.05) is 0 Å². The van der Waals surface area contributed by atoms with E-state index >= 15 is 0 Å². The van der Waals surface area contributed by atoms with Crippen LogP contribution in [-0.2, 0) is 9.53 Å². The van der Waals surface area contributed by atoms with Crippen molar-refractivity contribution in [3.8, 4) is 5.75 Å². The quantitative estimate of drug-likeness (QED) is 0.485. The second-order valence-electron chi connectivity index (χ2n) is 4.42. The van der Waals surface area contributed by atoms with Crippen LogP contribution in [0.15, 0.2) is 12.1 Å². The molecule has 21 heavy (non-hydrogen) atoms. The van der Waals surface area contributed by atoms with Crippen molar-refractivity contribution < 1.29 is 28.0 Å². The van der Waals surface area contributed by atoms with Gasteiger partial charge in [-0.15, -0.1) is 0 Å². The fourth-order valence-corrected chi connectivity index (χ4v) is 1.35. The van der Waals surface area contributed by atoms with Crippen LogP contribution >= 0.6 is 0 Å². The molecule has 0 saturated carbocycles. The third-order valence-electron chi connectivity index (χ3n) is 2.47. The van der Waals surface area contributed by atoms with Gasteiger partial charge in [-0.2, -0.15) is 4.39 Å². The predicted molar refractivity (Wildman–Crippen MR) is 67.7 cm³/mol. The van der Waals surface area contributed by atoms with Gasteiger partial charge in [0.15, 0.2) is 11.6 Å². The molecule has 0 radical (unpaired) electrons. The molecule has 1 aromatic carbocycles. The van der Waals surface area contributed by atoms with Crippen LogP contribution in [0.3, 0.4) is 0 Å². The number of nitro groups is 1. The molecule has 7 nitrogen and oxygen atoms in total. The standard InChI is InChI=1S/C12H14F2N2O5/c1-3-20-11(17)12(2,15)6-21-10-5-7(13)9(16(18)19)4-8(10)14/h4-5H,3,6,15H2,1-2H3. The van der Waals surface area contributed by atoms with Gasteiger partial charge in [-0.3, -0.25) is 10.1 Å². The maximum Gasteiger partial charge on any atom is 0.329 e. The van der Waals surface area contributed by atoms with Crippen LogP contribution < -0.4 is 10.5 Å². The number of rotatable bonds is 6. The lowest BCUT2D eigenvalue weighted by Gasteiger charge is -2.22. The highest BCUT2D eigenvalue weighted by molar-refractivity contribution is 5.80. The zero-order chi connectivity index (χ0) is 16.2. The molecule has 0 aliphatic carbocycles. The van der Waals surface area contributed by atoms with Gasteiger partial charge in [0.05, 0.1) is 17.6 Å². The van der Waals surface area contributed by atoms with E-state index < -0.39 is 46.1 Å². The van der Waals surface area contributed by atoms with E-state index in [0.717, 1.165) is 0 Å². The summed E-state index contributed by atoms with van der Waals surface area (Å²) < 4.78 is 36.6. The average Bonchev–Trinajstić information content (AvgIpc) is 2.39. The second kappa shape index (κ2) is 6.44. The van der Waals surface area contributed by atoms with Crippen molar-refractivity contribution >= 4 is 11.7 Å². The van der Waals surface area contributed by atoms with Crippen molar-refractivity contribution in [1.82, 2.24) is 0 Å². The number of hydrogen-bond acceptors (Lipinski definition) is 6. The molecular formula is C12H14F2N2O5. The van der Waals surface area contributed by atoms with Gasteiger partial charge in [0.1, 0.15) is 12.1 Å². The largest absolute Gasteiger partial charge is 0.488 e. The van der Waals surface area contributed by atoms with Crippen molar-refractivity contribution in [2.75, 3.05) is 13.2 Å². The zero-order valence-electron chi connectivity index (χ0n) is 11.4. The zero-order valence-corrected chi connectivity index (χ0v) is 11.4. The van der Waals surface area contributed by atoms with Gasteiger partial charge in [-0.05, 0) is 13.8 Å². The third-order valence-corrected chi connectivity index (χ3v) is 2.47. The molecule has 1 aromatic rings. The van der Waals surface area contributed by atoms with Gasteiger partial charge < -0.3 is 15.2 Å². The highest BCUT2D eigenvalue weighted by atomic mass is 19.1. The Bertz CT molecular complexity index is 563. The monoisotopic (exact) mass is 304 g/mol. The summed E-state index contributed by atoms with van der Waals surface area (Å²) in [5.41, 5.74) is 3.05. The summed E-state index contributed by atoms with van der Waals surface area (Å²) in [6.07, 6.45) is 0. The summed E-state index contributed by atoms with van der Waals surface area (Å²) in [5, 5.41) is 10.4. The van der Waals surface area contributed by atoms with Gasteiger partial charge >= 0.3 is 11.7 Å². The average molecular weight is 304 g/mol. The molecule has 116 valence electrons. The van der Waals surface area contributed by atoms with Crippen LogP contribution in [0.1, 0.15) is 13.8 Å². The SMILES string of the molecule is CCOC(=O)C(C)(N)COc1cc(F)c([N+](=O)[O-])cc1F. The maximum absolute atomic E-state index is 13.6. The van der Waals surface area contributed by atoms with E-state index in [0.29, 0.717) is 12.1 Å². The number of carbonyl (C=O) groups excluding carboxylic acids is 1. The molecule has 0 bridgehead atoms. The Morgan fingerprint density at radius 1 is 1.43 bits per heavy atom. The molecule has 0 spiro atoms. The predicted octanol–water partition coefficient (Wildman–Crippen LogP) is 1.53. The highest BCUT2D eigenvalue weighted by Gasteiger charge is 2.32. The summed E-state index contributed by atoms with van der Waals surface area (Å²) in [6.45, 7) is 2.50. The molecular weight excluding hydrogens is 290 g/mol. The lowest BCUT2D eigenvalue weighted by atomic mass is 10.1. The van der Waals surface area contributed by atoms with E-state index in [-0.39, 0.29) is 6.61 Å². The molecule has 1 unspecified atom stereocenters. The number of nitrogens with two attached hydrogens (primary N) is 1. The van der Waals surface area contributed by atoms with Gasteiger partial charge in [0.25, 0.3) is 0 Å². The first-order chi connectivity index (χ1) is 9.69. The van der Waals surface area contributed by atoms with Crippen LogP contribution in [0, 0.1) is 21.7 Å². The Balaban J connectivity index is 2.87. The molecule has 0 aromatic heterocycles. The molecule has 9 heteroatoms. The van der Waals surface area contributed by atoms with Gasteiger partial charge in [-0.25, -0.2) is 9.18 Å². The number of ether oxygens (including phenoxy) is 2. The molecule has 0 saturated heterocycles. The number of halogens is 2. The first-order valence-corrected chi connectivity index (χ1v) is 5.91. The van der Waals surface area contributed by atoms with E-state index in [1.165, 1.54) is 6.92 Å². The number of benzene rings is 1. The fourth-order valence-electron chi connectivity index (χ4n) is 1.35. The summed E-state index contributed by atoms with van der Waals surface area (Å²) in [7, 11) is 0. The molecule has 0 aliphatic rings. The first-order valence-electron chi connectivity index (χ1n) is 5.91. The van der Waals surface area contributed by atoms with E-state index in [2.05, 4.69) is 0 Å². The first kappa shape index (κ1) is 16.8. The number of hydrogen-bond donors (Lipinski definition) is 1. The molecule has 1 atom stereocenters. The molecule has 0 fully saturated rings. The number of carbonyl (C=O) groups is 1. The van der Waals surface area contributed by atoms with Crippen molar-refractivity contribution in [3.05, 3.63) is 33.9 Å². The fraction of sp³-hybridized carbons (Fsp3) is 0.417. The van der Waals surface area contributed by atoms with E-state index in [4.69, 9.17) is 15.2 Å². The normalized spacial score (nSPS) is 13.4. The van der Waals surface area contributed by atoms with Crippen molar-refractivity contribution in [2.45, 2.75) is 19.4 Å². The lowest BCUT2D eigenvalue weighted by Crippen LogP contribution is -2.51. The van der Waals surface area contributed by atoms with Gasteiger partial charge in [0, 0.05) is 6.07 Å². The van der Waals surface area contributed by atoms with Crippen LogP contribution in [0.25, 0.3) is 0 Å². The maximum atomic E-state index is 13.6. The smallest absolute Gasteiger partial charge is 0.329 e. The van der Waals surface area contributed by atoms with Crippen LogP contribution in [0.5, 0.6) is 5.75 Å². The topological polar surface area (TPSA) is 105 Å². The minimum Gasteiger partial charge on any atom is -0.488 e. The van der Waals surface area contributed by atoms with Crippen molar-refractivity contribution in [2.24, 2.45) is 5.73 Å². The number of nitrogens with zero attached hydrogens (tertiary/aromatic N) is 1. The molecule has 0 amide bonds. The Morgan fingerprint density at radius 3 is 2.57 bits per heavy atom. The third kappa shape index (κ3) is 4.09. The summed E-state index contributed by atoms with van der Waals surface area (Å²) in [4.78, 5) is 20.9. The minimum absolute atomic E-state index is 0.103. The van der Waals surface area contributed by atoms with Crippen LogP contribution in [0.4, 0.5) is 14.5 Å². The summed E-state index contributed by atoms with van der Waals surface area (Å²) in [6, 6.07) is 0.914. The van der Waals surface area contributed by atoms with E-state index in [9.17, 15) is 23.7 Å². The van der Waals surface area contributed by atoms with E-state index in [1.54, 1.807) is 6.92 Å². The lowest BCUT2D eigenvalue weighted by molar-refractivity contribution is -0.387. The van der Waals surface area contributed by atoms with Crippen molar-refractivity contribution in [3.63, 3.8) is 0 Å².